The molecule has 0 saturated heterocycles. The molecular weight excluding hydrogens is 443 g/mol. The lowest BCUT2D eigenvalue weighted by Crippen LogP contribution is -2.27. The van der Waals surface area contributed by atoms with Gasteiger partial charge in [-0.15, -0.1) is 11.6 Å². The molecule has 0 bridgehead atoms. The highest BCUT2D eigenvalue weighted by Gasteiger charge is 2.32. The van der Waals surface area contributed by atoms with Crippen molar-refractivity contribution in [2.75, 3.05) is 5.88 Å². The van der Waals surface area contributed by atoms with E-state index < -0.39 is 0 Å². The Hall–Kier alpha value is -1.17. The number of hydrogen-bond donors (Lipinski definition) is 0. The molecule has 0 saturated carbocycles. The fraction of sp³-hybridized carbons (Fsp3) is 0.176. The molecule has 1 atom stereocenters. The summed E-state index contributed by atoms with van der Waals surface area (Å²) in [6.45, 7) is 0. The molecule has 2 aromatic carbocycles. The van der Waals surface area contributed by atoms with Crippen LogP contribution in [0.25, 0.3) is 0 Å². The second-order valence-electron chi connectivity index (χ2n) is 5.20. The molecule has 1 amide bonds. The van der Waals surface area contributed by atoms with E-state index >= 15 is 0 Å². The molecule has 118 valence electrons. The molecule has 0 aliphatic carbocycles. The Morgan fingerprint density at radius 2 is 1.65 bits per heavy atom. The van der Waals surface area contributed by atoms with Gasteiger partial charge in [-0.3, -0.25) is 4.79 Å². The molecule has 0 fully saturated rings. The zero-order valence-electron chi connectivity index (χ0n) is 12.0. The quantitative estimate of drug-likeness (QED) is 0.590. The number of rotatable bonds is 3. The largest absolute Gasteiger partial charge is 0.272 e. The number of hydrazone groups is 1. The Balaban J connectivity index is 1.93. The Labute approximate surface area is 156 Å². The zero-order chi connectivity index (χ0) is 16.4. The van der Waals surface area contributed by atoms with Crippen molar-refractivity contribution >= 4 is 55.1 Å². The van der Waals surface area contributed by atoms with Gasteiger partial charge in [0.05, 0.1) is 11.8 Å². The van der Waals surface area contributed by atoms with Gasteiger partial charge in [-0.25, -0.2) is 5.01 Å². The van der Waals surface area contributed by atoms with Crippen LogP contribution in [0.4, 0.5) is 0 Å². The van der Waals surface area contributed by atoms with E-state index in [4.69, 9.17) is 11.6 Å². The predicted molar refractivity (Wildman–Crippen MR) is 99.7 cm³/mol. The van der Waals surface area contributed by atoms with Crippen LogP contribution in [-0.4, -0.2) is 22.5 Å². The average molecular weight is 457 g/mol. The molecule has 1 heterocycles. The first-order chi connectivity index (χ1) is 11.1. The summed E-state index contributed by atoms with van der Waals surface area (Å²) in [6.07, 6.45) is 0.673. The first-order valence-electron chi connectivity index (χ1n) is 7.05. The molecular formula is C17H13Br2ClN2O. The first-order valence-corrected chi connectivity index (χ1v) is 9.17. The van der Waals surface area contributed by atoms with Crippen molar-refractivity contribution in [3.8, 4) is 0 Å². The van der Waals surface area contributed by atoms with Crippen LogP contribution >= 0.6 is 43.5 Å². The van der Waals surface area contributed by atoms with E-state index in [1.807, 2.05) is 48.5 Å². The lowest BCUT2D eigenvalue weighted by Gasteiger charge is -2.21. The van der Waals surface area contributed by atoms with Gasteiger partial charge in [-0.1, -0.05) is 56.1 Å². The van der Waals surface area contributed by atoms with Gasteiger partial charge in [-0.05, 0) is 35.4 Å². The van der Waals surface area contributed by atoms with Gasteiger partial charge < -0.3 is 0 Å². The van der Waals surface area contributed by atoms with Crippen LogP contribution in [0.5, 0.6) is 0 Å². The van der Waals surface area contributed by atoms with E-state index in [0.29, 0.717) is 6.42 Å². The number of carbonyl (C=O) groups is 1. The summed E-state index contributed by atoms with van der Waals surface area (Å²) in [5.74, 6) is -0.267. The van der Waals surface area contributed by atoms with Crippen LogP contribution < -0.4 is 0 Å². The van der Waals surface area contributed by atoms with E-state index in [0.717, 1.165) is 25.8 Å². The summed E-state index contributed by atoms with van der Waals surface area (Å²) in [5.41, 5.74) is 2.95. The monoisotopic (exact) mass is 454 g/mol. The van der Waals surface area contributed by atoms with Gasteiger partial charge in [0, 0.05) is 15.4 Å². The number of hydrogen-bond acceptors (Lipinski definition) is 2. The standard InChI is InChI=1S/C17H13Br2ClN2O/c18-13-5-1-11(2-6-13)15-9-16(22(21-15)17(23)10-20)12-3-7-14(19)8-4-12/h1-8,16H,9-10H2/t16-/m1/s1. The van der Waals surface area contributed by atoms with Crippen LogP contribution in [0.1, 0.15) is 23.6 Å². The van der Waals surface area contributed by atoms with Crippen molar-refractivity contribution in [2.24, 2.45) is 5.10 Å². The Kier molecular flexibility index (Phi) is 5.19. The Morgan fingerprint density at radius 3 is 2.22 bits per heavy atom. The van der Waals surface area contributed by atoms with Crippen LogP contribution in [0, 0.1) is 0 Å². The second kappa shape index (κ2) is 7.16. The van der Waals surface area contributed by atoms with Crippen molar-refractivity contribution in [1.82, 2.24) is 5.01 Å². The van der Waals surface area contributed by atoms with Crippen molar-refractivity contribution in [3.05, 3.63) is 68.6 Å². The van der Waals surface area contributed by atoms with Crippen LogP contribution in [0.2, 0.25) is 0 Å². The summed E-state index contributed by atoms with van der Waals surface area (Å²) in [4.78, 5) is 12.2. The number of nitrogens with zero attached hydrogens (tertiary/aromatic N) is 2. The molecule has 1 aliphatic heterocycles. The minimum atomic E-state index is -0.188. The first kappa shape index (κ1) is 16.7. The SMILES string of the molecule is O=C(CCl)N1N=C(c2ccc(Br)cc2)C[C@@H]1c1ccc(Br)cc1. The van der Waals surface area contributed by atoms with Crippen molar-refractivity contribution < 1.29 is 4.79 Å². The highest BCUT2D eigenvalue weighted by atomic mass is 79.9. The number of alkyl halides is 1. The normalized spacial score (nSPS) is 17.3. The van der Waals surface area contributed by atoms with Crippen molar-refractivity contribution in [2.45, 2.75) is 12.5 Å². The summed E-state index contributed by atoms with van der Waals surface area (Å²) >= 11 is 12.6. The fourth-order valence-electron chi connectivity index (χ4n) is 2.56. The lowest BCUT2D eigenvalue weighted by atomic mass is 9.98. The third-order valence-electron chi connectivity index (χ3n) is 3.71. The maximum atomic E-state index is 12.2. The van der Waals surface area contributed by atoms with Crippen LogP contribution in [0.15, 0.2) is 62.6 Å². The van der Waals surface area contributed by atoms with Crippen LogP contribution in [-0.2, 0) is 4.79 Å². The summed E-state index contributed by atoms with van der Waals surface area (Å²) in [6, 6.07) is 15.8. The summed E-state index contributed by atoms with van der Waals surface area (Å²) < 4.78 is 2.02. The number of benzene rings is 2. The summed E-state index contributed by atoms with van der Waals surface area (Å²) in [7, 11) is 0. The molecule has 0 N–H and O–H groups in total. The molecule has 0 aromatic heterocycles. The Morgan fingerprint density at radius 1 is 1.09 bits per heavy atom. The van der Waals surface area contributed by atoms with Gasteiger partial charge in [0.2, 0.25) is 0 Å². The van der Waals surface area contributed by atoms with Crippen molar-refractivity contribution in [3.63, 3.8) is 0 Å². The van der Waals surface area contributed by atoms with Gasteiger partial charge >= 0.3 is 0 Å². The van der Waals surface area contributed by atoms with E-state index in [1.165, 1.54) is 5.01 Å². The average Bonchev–Trinajstić information content (AvgIpc) is 3.00. The van der Waals surface area contributed by atoms with E-state index in [1.54, 1.807) is 0 Å². The molecule has 0 radical (unpaired) electrons. The van der Waals surface area contributed by atoms with E-state index in [-0.39, 0.29) is 17.8 Å². The minimum absolute atomic E-state index is 0.0792. The molecule has 1 aliphatic rings. The predicted octanol–water partition coefficient (Wildman–Crippen LogP) is 5.13. The third-order valence-corrected chi connectivity index (χ3v) is 5.00. The maximum Gasteiger partial charge on any atom is 0.258 e. The third kappa shape index (κ3) is 3.67. The number of carbonyl (C=O) groups excluding carboxylic acids is 1. The zero-order valence-corrected chi connectivity index (χ0v) is 16.0. The van der Waals surface area contributed by atoms with E-state index in [9.17, 15) is 4.79 Å². The lowest BCUT2D eigenvalue weighted by molar-refractivity contribution is -0.130. The smallest absolute Gasteiger partial charge is 0.258 e. The topological polar surface area (TPSA) is 32.7 Å². The van der Waals surface area contributed by atoms with Gasteiger partial charge in [0.1, 0.15) is 5.88 Å². The van der Waals surface area contributed by atoms with E-state index in [2.05, 4.69) is 37.0 Å². The maximum absolute atomic E-state index is 12.2. The number of halogens is 3. The Bertz CT molecular complexity index is 744. The second-order valence-corrected chi connectivity index (χ2v) is 7.30. The summed E-state index contributed by atoms with van der Waals surface area (Å²) in [5, 5.41) is 6.04. The molecule has 0 unspecified atom stereocenters. The van der Waals surface area contributed by atoms with Gasteiger partial charge in [0.25, 0.3) is 5.91 Å². The fourth-order valence-corrected chi connectivity index (χ4v) is 3.21. The molecule has 3 nitrogen and oxygen atoms in total. The van der Waals surface area contributed by atoms with Crippen molar-refractivity contribution in [1.29, 1.82) is 0 Å². The highest BCUT2D eigenvalue weighted by Crippen LogP contribution is 2.33. The van der Waals surface area contributed by atoms with Crippen LogP contribution in [0.3, 0.4) is 0 Å². The highest BCUT2D eigenvalue weighted by molar-refractivity contribution is 9.10. The number of amides is 1. The molecule has 23 heavy (non-hydrogen) atoms. The van der Waals surface area contributed by atoms with Gasteiger partial charge in [0.15, 0.2) is 0 Å². The minimum Gasteiger partial charge on any atom is -0.272 e. The van der Waals surface area contributed by atoms with Gasteiger partial charge in [-0.2, -0.15) is 5.10 Å². The molecule has 3 rings (SSSR count). The molecule has 0 spiro atoms. The molecule has 6 heteroatoms. The molecule has 2 aromatic rings.